The average molecular weight is 660 g/mol. The number of rotatable bonds is 8. The predicted octanol–water partition coefficient (Wildman–Crippen LogP) is 7.92. The molecule has 0 bridgehead atoms. The van der Waals surface area contributed by atoms with Crippen LogP contribution >= 0.6 is 51.5 Å². The van der Waals surface area contributed by atoms with Gasteiger partial charge in [-0.05, 0) is 93.6 Å². The number of thioether (sulfide) groups is 1. The van der Waals surface area contributed by atoms with Gasteiger partial charge in [0.15, 0.2) is 15.8 Å². The Kier molecular flexibility index (Phi) is 9.61. The lowest BCUT2D eigenvalue weighted by Gasteiger charge is -2.19. The third kappa shape index (κ3) is 7.26. The van der Waals surface area contributed by atoms with Crippen molar-refractivity contribution in [1.29, 1.82) is 0 Å². The second-order valence-electron chi connectivity index (χ2n) is 9.97. The molecule has 0 aromatic heterocycles. The Morgan fingerprint density at radius 3 is 2.50 bits per heavy atom. The summed E-state index contributed by atoms with van der Waals surface area (Å²) < 4.78 is 12.9. The number of ether oxygens (including phenoxy) is 2. The Hall–Kier alpha value is -2.85. The van der Waals surface area contributed by atoms with Crippen molar-refractivity contribution in [1.82, 2.24) is 10.4 Å². The van der Waals surface area contributed by atoms with Crippen LogP contribution in [0.1, 0.15) is 54.7 Å². The highest BCUT2D eigenvalue weighted by molar-refractivity contribution is 9.10. The summed E-state index contributed by atoms with van der Waals surface area (Å²) in [6.07, 6.45) is 1.70. The largest absolute Gasteiger partial charge is 0.490 e. The number of nitrogens with one attached hydrogen (secondary N) is 1. The van der Waals surface area contributed by atoms with E-state index in [0.717, 1.165) is 22.3 Å². The summed E-state index contributed by atoms with van der Waals surface area (Å²) in [5, 5.41) is 1.48. The van der Waals surface area contributed by atoms with Crippen molar-refractivity contribution < 1.29 is 19.1 Å². The molecular weight excluding hydrogens is 632 g/mol. The van der Waals surface area contributed by atoms with Crippen LogP contribution in [0.4, 0.5) is 0 Å². The van der Waals surface area contributed by atoms with Gasteiger partial charge in [0.25, 0.3) is 11.8 Å². The minimum absolute atomic E-state index is 0.0798. The summed E-state index contributed by atoms with van der Waals surface area (Å²) in [5.74, 6) is 0.189. The first-order chi connectivity index (χ1) is 19.0. The molecule has 3 aromatic carbocycles. The number of hydrazine groups is 1. The Bertz CT molecular complexity index is 1490. The van der Waals surface area contributed by atoms with Crippen LogP contribution in [0.2, 0.25) is 5.02 Å². The third-order valence-corrected chi connectivity index (χ3v) is 8.05. The minimum Gasteiger partial charge on any atom is -0.490 e. The quantitative estimate of drug-likeness (QED) is 0.196. The molecule has 1 N–H and O–H groups in total. The molecule has 40 heavy (non-hydrogen) atoms. The Morgan fingerprint density at radius 1 is 1.12 bits per heavy atom. The number of thiocarbonyl (C=S) groups is 1. The van der Waals surface area contributed by atoms with Crippen molar-refractivity contribution >= 4 is 73.7 Å². The molecule has 10 heteroatoms. The van der Waals surface area contributed by atoms with Crippen molar-refractivity contribution in [3.8, 4) is 11.5 Å². The second kappa shape index (κ2) is 12.8. The molecule has 1 fully saturated rings. The first-order valence-electron chi connectivity index (χ1n) is 12.5. The van der Waals surface area contributed by atoms with Crippen LogP contribution in [0, 0.1) is 0 Å². The lowest BCUT2D eigenvalue weighted by atomic mass is 9.87. The van der Waals surface area contributed by atoms with Crippen molar-refractivity contribution in [2.45, 2.75) is 39.7 Å². The topological polar surface area (TPSA) is 67.9 Å². The van der Waals surface area contributed by atoms with E-state index in [2.05, 4.69) is 66.4 Å². The van der Waals surface area contributed by atoms with Crippen LogP contribution in [-0.2, 0) is 16.8 Å². The van der Waals surface area contributed by atoms with Gasteiger partial charge in [-0.3, -0.25) is 15.0 Å². The van der Waals surface area contributed by atoms with E-state index in [1.165, 1.54) is 11.6 Å². The minimum atomic E-state index is -0.490. The number of carbonyl (C=O) groups is 2. The average Bonchev–Trinajstić information content (AvgIpc) is 3.15. The van der Waals surface area contributed by atoms with Gasteiger partial charge in [0, 0.05) is 10.6 Å². The molecule has 2 amide bonds. The summed E-state index contributed by atoms with van der Waals surface area (Å²) in [5.41, 5.74) is 5.96. The molecule has 208 valence electrons. The maximum Gasteiger partial charge on any atom is 0.285 e. The van der Waals surface area contributed by atoms with Gasteiger partial charge in [-0.15, -0.1) is 0 Å². The highest BCUT2D eigenvalue weighted by Crippen LogP contribution is 2.39. The fraction of sp³-hybridized carbons (Fsp3) is 0.233. The fourth-order valence-electron chi connectivity index (χ4n) is 3.84. The van der Waals surface area contributed by atoms with Crippen LogP contribution in [0.15, 0.2) is 70.0 Å². The molecular formula is C30H28BrClN2O4S2. The summed E-state index contributed by atoms with van der Waals surface area (Å²) in [7, 11) is 0. The van der Waals surface area contributed by atoms with Gasteiger partial charge in [0.1, 0.15) is 6.61 Å². The molecule has 0 aliphatic carbocycles. The van der Waals surface area contributed by atoms with E-state index in [1.807, 2.05) is 19.1 Å². The molecule has 0 spiro atoms. The maximum absolute atomic E-state index is 13.1. The van der Waals surface area contributed by atoms with Crippen LogP contribution in [0.5, 0.6) is 11.5 Å². The van der Waals surface area contributed by atoms with Crippen molar-refractivity contribution in [2.75, 3.05) is 6.61 Å². The summed E-state index contributed by atoms with van der Waals surface area (Å²) in [6, 6.07) is 18.5. The number of amides is 2. The Labute approximate surface area is 257 Å². The van der Waals surface area contributed by atoms with Gasteiger partial charge in [-0.1, -0.05) is 74.5 Å². The summed E-state index contributed by atoms with van der Waals surface area (Å²) >= 11 is 16.0. The number of nitrogens with zero attached hydrogens (tertiary/aromatic N) is 1. The van der Waals surface area contributed by atoms with Gasteiger partial charge >= 0.3 is 0 Å². The Morgan fingerprint density at radius 2 is 1.85 bits per heavy atom. The molecule has 0 unspecified atom stereocenters. The molecule has 1 aliphatic heterocycles. The zero-order chi connectivity index (χ0) is 29.0. The molecule has 0 radical (unpaired) electrons. The standard InChI is InChI=1S/C30H28BrClN2O4S2/c1-5-37-24-14-19(13-23(31)26(24)38-17-18-9-11-21(12-10-18)30(2,3)4)15-25-28(36)34(29(39)40-25)33-27(35)20-7-6-8-22(32)16-20/h6-16H,5,17H2,1-4H3,(H,33,35)/b25-15+. The van der Waals surface area contributed by atoms with Crippen molar-refractivity contribution in [3.63, 3.8) is 0 Å². The highest BCUT2D eigenvalue weighted by atomic mass is 79.9. The van der Waals surface area contributed by atoms with Gasteiger partial charge in [0.2, 0.25) is 0 Å². The van der Waals surface area contributed by atoms with Crippen LogP contribution in [0.25, 0.3) is 6.08 Å². The van der Waals surface area contributed by atoms with E-state index in [4.69, 9.17) is 33.3 Å². The number of benzene rings is 3. The van der Waals surface area contributed by atoms with Crippen molar-refractivity contribution in [2.24, 2.45) is 0 Å². The Balaban J connectivity index is 1.51. The normalized spacial score (nSPS) is 14.6. The summed E-state index contributed by atoms with van der Waals surface area (Å²) in [4.78, 5) is 26.1. The SMILES string of the molecule is CCOc1cc(/C=C2/SC(=S)N(NC(=O)c3cccc(Cl)c3)C2=O)cc(Br)c1OCc1ccc(C(C)(C)C)cc1. The zero-order valence-electron chi connectivity index (χ0n) is 22.4. The first-order valence-corrected chi connectivity index (χ1v) is 14.9. The van der Waals surface area contributed by atoms with Crippen molar-refractivity contribution in [3.05, 3.63) is 97.3 Å². The molecule has 0 saturated carbocycles. The predicted molar refractivity (Wildman–Crippen MR) is 169 cm³/mol. The third-order valence-electron chi connectivity index (χ3n) is 5.93. The van der Waals surface area contributed by atoms with E-state index in [9.17, 15) is 9.59 Å². The lowest BCUT2D eigenvalue weighted by Crippen LogP contribution is -2.44. The van der Waals surface area contributed by atoms with Crippen LogP contribution in [0.3, 0.4) is 0 Å². The monoisotopic (exact) mass is 658 g/mol. The molecule has 3 aromatic rings. The molecule has 1 saturated heterocycles. The second-order valence-corrected chi connectivity index (χ2v) is 12.9. The molecule has 6 nitrogen and oxygen atoms in total. The zero-order valence-corrected chi connectivity index (χ0v) is 26.4. The number of halogens is 2. The van der Waals surface area contributed by atoms with Gasteiger partial charge in [-0.25, -0.2) is 0 Å². The van der Waals surface area contributed by atoms with Crippen LogP contribution < -0.4 is 14.9 Å². The highest BCUT2D eigenvalue weighted by Gasteiger charge is 2.34. The lowest BCUT2D eigenvalue weighted by molar-refractivity contribution is -0.123. The van der Waals surface area contributed by atoms with E-state index in [1.54, 1.807) is 24.3 Å². The van der Waals surface area contributed by atoms with E-state index >= 15 is 0 Å². The van der Waals surface area contributed by atoms with Gasteiger partial charge in [0.05, 0.1) is 16.0 Å². The first kappa shape index (κ1) is 30.1. The van der Waals surface area contributed by atoms with Gasteiger partial charge in [-0.2, -0.15) is 5.01 Å². The fourth-order valence-corrected chi connectivity index (χ4v) is 5.79. The number of hydrogen-bond donors (Lipinski definition) is 1. The number of hydrogen-bond acceptors (Lipinski definition) is 6. The van der Waals surface area contributed by atoms with Gasteiger partial charge < -0.3 is 9.47 Å². The van der Waals surface area contributed by atoms with Crippen LogP contribution in [-0.4, -0.2) is 27.8 Å². The molecule has 1 aliphatic rings. The number of carbonyl (C=O) groups excluding carboxylic acids is 2. The molecule has 4 rings (SSSR count). The molecule has 0 atom stereocenters. The van der Waals surface area contributed by atoms with E-state index < -0.39 is 11.8 Å². The molecule has 1 heterocycles. The van der Waals surface area contributed by atoms with E-state index in [-0.39, 0.29) is 9.74 Å². The summed E-state index contributed by atoms with van der Waals surface area (Å²) in [6.45, 7) is 9.24. The maximum atomic E-state index is 13.1. The smallest absolute Gasteiger partial charge is 0.285 e. The van der Waals surface area contributed by atoms with E-state index in [0.29, 0.717) is 50.2 Å².